The van der Waals surface area contributed by atoms with Crippen molar-refractivity contribution in [3.05, 3.63) is 29.3 Å². The predicted octanol–water partition coefficient (Wildman–Crippen LogP) is 3.36. The number of para-hydroxylation sites is 1. The van der Waals surface area contributed by atoms with Crippen LogP contribution in [0.1, 0.15) is 26.2 Å². The summed E-state index contributed by atoms with van der Waals surface area (Å²) in [6.07, 6.45) is 3.24. The van der Waals surface area contributed by atoms with Gasteiger partial charge in [-0.2, -0.15) is 0 Å². The minimum atomic E-state index is -0.370. The number of benzene rings is 1. The Morgan fingerprint density at radius 1 is 1.12 bits per heavy atom. The molecule has 0 bridgehead atoms. The van der Waals surface area contributed by atoms with E-state index in [1.165, 1.54) is 6.42 Å². The lowest BCUT2D eigenvalue weighted by atomic mass is 9.89. The van der Waals surface area contributed by atoms with Crippen LogP contribution in [0.15, 0.2) is 24.3 Å². The van der Waals surface area contributed by atoms with E-state index in [9.17, 15) is 4.79 Å². The van der Waals surface area contributed by atoms with Crippen molar-refractivity contribution in [1.29, 1.82) is 0 Å². The molecule has 1 N–H and O–H groups in total. The van der Waals surface area contributed by atoms with Crippen LogP contribution in [0.2, 0.25) is 5.02 Å². The van der Waals surface area contributed by atoms with Gasteiger partial charge in [-0.15, -0.1) is 24.8 Å². The van der Waals surface area contributed by atoms with E-state index in [-0.39, 0.29) is 36.3 Å². The molecule has 2 aliphatic heterocycles. The first kappa shape index (κ1) is 21.4. The number of amides is 1. The first-order chi connectivity index (χ1) is 10.6. The Morgan fingerprint density at radius 2 is 1.79 bits per heavy atom. The first-order valence-corrected chi connectivity index (χ1v) is 8.52. The van der Waals surface area contributed by atoms with Gasteiger partial charge in [-0.05, 0) is 44.9 Å². The summed E-state index contributed by atoms with van der Waals surface area (Å²) in [7, 11) is 0. The molecule has 4 nitrogen and oxygen atoms in total. The fourth-order valence-electron chi connectivity index (χ4n) is 3.45. The summed E-state index contributed by atoms with van der Waals surface area (Å²) in [5.41, 5.74) is 0.698. The van der Waals surface area contributed by atoms with Crippen molar-refractivity contribution in [1.82, 2.24) is 10.2 Å². The van der Waals surface area contributed by atoms with Crippen molar-refractivity contribution in [3.63, 3.8) is 0 Å². The van der Waals surface area contributed by atoms with Gasteiger partial charge in [0.1, 0.15) is 0 Å². The molecule has 2 heterocycles. The zero-order valence-electron chi connectivity index (χ0n) is 14.0. The van der Waals surface area contributed by atoms with Crippen molar-refractivity contribution in [2.45, 2.75) is 31.7 Å². The van der Waals surface area contributed by atoms with Gasteiger partial charge in [-0.3, -0.25) is 4.79 Å². The van der Waals surface area contributed by atoms with Crippen LogP contribution in [0.25, 0.3) is 0 Å². The van der Waals surface area contributed by atoms with Crippen LogP contribution in [-0.4, -0.2) is 49.1 Å². The molecule has 2 fully saturated rings. The summed E-state index contributed by atoms with van der Waals surface area (Å²) in [4.78, 5) is 17.1. The molecule has 2 aliphatic rings. The lowest BCUT2D eigenvalue weighted by molar-refractivity contribution is -0.139. The second kappa shape index (κ2) is 9.14. The number of rotatable bonds is 2. The number of piperazine rings is 1. The molecule has 0 aliphatic carbocycles. The molecule has 3 rings (SSSR count). The third-order valence-corrected chi connectivity index (χ3v) is 5.17. The molecule has 1 aromatic carbocycles. The van der Waals surface area contributed by atoms with Gasteiger partial charge in [0.25, 0.3) is 0 Å². The molecule has 2 saturated heterocycles. The van der Waals surface area contributed by atoms with Gasteiger partial charge in [-0.1, -0.05) is 23.7 Å². The SMILES string of the molecule is CC1(C(=O)N2CCN(c3ccccc3Cl)CC2)CCCCN1.Cl.Cl. The summed E-state index contributed by atoms with van der Waals surface area (Å²) >= 11 is 6.27. The summed E-state index contributed by atoms with van der Waals surface area (Å²) in [5.74, 6) is 0.256. The molecule has 1 unspecified atom stereocenters. The lowest BCUT2D eigenvalue weighted by Gasteiger charge is -2.42. The Balaban J connectivity index is 0.00000144. The predicted molar refractivity (Wildman–Crippen MR) is 105 cm³/mol. The highest BCUT2D eigenvalue weighted by Crippen LogP contribution is 2.27. The largest absolute Gasteiger partial charge is 0.367 e. The highest BCUT2D eigenvalue weighted by atomic mass is 35.5. The number of anilines is 1. The van der Waals surface area contributed by atoms with E-state index in [2.05, 4.69) is 17.1 Å². The zero-order chi connectivity index (χ0) is 15.6. The third-order valence-electron chi connectivity index (χ3n) is 4.85. The molecular formula is C17H26Cl3N3O. The van der Waals surface area contributed by atoms with Gasteiger partial charge < -0.3 is 15.1 Å². The Hall–Kier alpha value is -0.680. The Morgan fingerprint density at radius 3 is 2.38 bits per heavy atom. The maximum Gasteiger partial charge on any atom is 0.242 e. The van der Waals surface area contributed by atoms with Crippen molar-refractivity contribution in [3.8, 4) is 0 Å². The fourth-order valence-corrected chi connectivity index (χ4v) is 3.70. The topological polar surface area (TPSA) is 35.6 Å². The third kappa shape index (κ3) is 4.48. The fraction of sp³-hybridized carbons (Fsp3) is 0.588. The van der Waals surface area contributed by atoms with Gasteiger partial charge in [0.2, 0.25) is 5.91 Å². The van der Waals surface area contributed by atoms with Crippen LogP contribution >= 0.6 is 36.4 Å². The highest BCUT2D eigenvalue weighted by molar-refractivity contribution is 6.33. The maximum atomic E-state index is 12.8. The summed E-state index contributed by atoms with van der Waals surface area (Å²) in [5, 5.41) is 4.20. The van der Waals surface area contributed by atoms with E-state index in [4.69, 9.17) is 11.6 Å². The number of carbonyl (C=O) groups excluding carboxylic acids is 1. The van der Waals surface area contributed by atoms with Crippen molar-refractivity contribution in [2.75, 3.05) is 37.6 Å². The standard InChI is InChI=1S/C17H24ClN3O.2ClH/c1-17(8-4-5-9-19-17)16(22)21-12-10-20(11-13-21)15-7-3-2-6-14(15)18;;/h2-3,6-7,19H,4-5,8-13H2,1H3;2*1H. The van der Waals surface area contributed by atoms with E-state index in [1.807, 2.05) is 29.2 Å². The second-order valence-electron chi connectivity index (χ2n) is 6.45. The van der Waals surface area contributed by atoms with Gasteiger partial charge in [0.15, 0.2) is 0 Å². The Kier molecular flexibility index (Phi) is 8.13. The first-order valence-electron chi connectivity index (χ1n) is 8.14. The Bertz CT molecular complexity index is 542. The van der Waals surface area contributed by atoms with Gasteiger partial charge in [0.05, 0.1) is 16.2 Å². The van der Waals surface area contributed by atoms with Crippen LogP contribution in [0.3, 0.4) is 0 Å². The number of piperidine rings is 1. The van der Waals surface area contributed by atoms with Crippen molar-refractivity contribution in [2.24, 2.45) is 0 Å². The van der Waals surface area contributed by atoms with Crippen LogP contribution in [-0.2, 0) is 4.79 Å². The molecule has 136 valence electrons. The number of carbonyl (C=O) groups is 1. The van der Waals surface area contributed by atoms with Crippen LogP contribution in [0, 0.1) is 0 Å². The van der Waals surface area contributed by atoms with Crippen molar-refractivity contribution >= 4 is 48.0 Å². The van der Waals surface area contributed by atoms with E-state index in [0.29, 0.717) is 0 Å². The minimum absolute atomic E-state index is 0. The smallest absolute Gasteiger partial charge is 0.242 e. The van der Waals surface area contributed by atoms with E-state index >= 15 is 0 Å². The zero-order valence-corrected chi connectivity index (χ0v) is 16.4. The normalized spacial score (nSPS) is 23.9. The quantitative estimate of drug-likeness (QED) is 0.835. The van der Waals surface area contributed by atoms with E-state index in [1.54, 1.807) is 0 Å². The summed E-state index contributed by atoms with van der Waals surface area (Å²) in [6.45, 7) is 6.20. The van der Waals surface area contributed by atoms with Gasteiger partial charge in [0, 0.05) is 26.2 Å². The molecule has 0 saturated carbocycles. The number of nitrogens with one attached hydrogen (secondary N) is 1. The number of hydrogen-bond donors (Lipinski definition) is 1. The lowest BCUT2D eigenvalue weighted by Crippen LogP contribution is -2.61. The maximum absolute atomic E-state index is 12.8. The molecule has 1 aromatic rings. The average Bonchev–Trinajstić information content (AvgIpc) is 2.55. The van der Waals surface area contributed by atoms with Gasteiger partial charge >= 0.3 is 0 Å². The van der Waals surface area contributed by atoms with Crippen LogP contribution < -0.4 is 10.2 Å². The molecule has 7 heteroatoms. The molecule has 1 amide bonds. The van der Waals surface area contributed by atoms with E-state index < -0.39 is 0 Å². The number of hydrogen-bond acceptors (Lipinski definition) is 3. The molecule has 24 heavy (non-hydrogen) atoms. The molecule has 0 radical (unpaired) electrons. The minimum Gasteiger partial charge on any atom is -0.367 e. The monoisotopic (exact) mass is 393 g/mol. The molecule has 0 aromatic heterocycles. The van der Waals surface area contributed by atoms with E-state index in [0.717, 1.165) is 56.3 Å². The van der Waals surface area contributed by atoms with Crippen LogP contribution in [0.4, 0.5) is 5.69 Å². The Labute approximate surface area is 161 Å². The second-order valence-corrected chi connectivity index (χ2v) is 6.85. The summed E-state index contributed by atoms with van der Waals surface area (Å²) < 4.78 is 0. The molecule has 0 spiro atoms. The molecule has 1 atom stereocenters. The summed E-state index contributed by atoms with van der Waals surface area (Å²) in [6, 6.07) is 7.91. The average molecular weight is 395 g/mol. The molecular weight excluding hydrogens is 369 g/mol. The van der Waals surface area contributed by atoms with Crippen molar-refractivity contribution < 1.29 is 4.79 Å². The number of halogens is 3. The highest BCUT2D eigenvalue weighted by Gasteiger charge is 2.38. The van der Waals surface area contributed by atoms with Crippen LogP contribution in [0.5, 0.6) is 0 Å². The van der Waals surface area contributed by atoms with Gasteiger partial charge in [-0.25, -0.2) is 0 Å². The number of nitrogens with zero attached hydrogens (tertiary/aromatic N) is 2.